The Balaban J connectivity index is 3.83. The van der Waals surface area contributed by atoms with Crippen LogP contribution in [0, 0.1) is 0 Å². The van der Waals surface area contributed by atoms with Gasteiger partial charge in [0, 0.05) is 17.9 Å². The minimum absolute atomic E-state index is 0.120. The van der Waals surface area contributed by atoms with Gasteiger partial charge in [0.25, 0.3) is 0 Å². The van der Waals surface area contributed by atoms with Crippen LogP contribution >= 0.6 is 0 Å². The van der Waals surface area contributed by atoms with E-state index < -0.39 is 12.0 Å². The van der Waals surface area contributed by atoms with Crippen molar-refractivity contribution in [1.82, 2.24) is 5.32 Å². The zero-order valence-electron chi connectivity index (χ0n) is 9.22. The maximum Gasteiger partial charge on any atom is 0.305 e. The lowest BCUT2D eigenvalue weighted by molar-refractivity contribution is -0.139. The number of aliphatic carboxylic acids is 1. The Morgan fingerprint density at radius 1 is 1.50 bits per heavy atom. The van der Waals surface area contributed by atoms with Crippen molar-refractivity contribution >= 4 is 11.8 Å². The van der Waals surface area contributed by atoms with Gasteiger partial charge in [-0.3, -0.25) is 9.59 Å². The highest BCUT2D eigenvalue weighted by molar-refractivity contribution is 5.87. The van der Waals surface area contributed by atoms with Gasteiger partial charge in [-0.2, -0.15) is 0 Å². The van der Waals surface area contributed by atoms with Crippen LogP contribution < -0.4 is 5.32 Å². The summed E-state index contributed by atoms with van der Waals surface area (Å²) >= 11 is 0. The SMILES string of the molecule is CNC(CC(=O)O)C(=O)CCCCN=[N+]=[N-]. The maximum absolute atomic E-state index is 11.5. The molecule has 0 aliphatic rings. The van der Waals surface area contributed by atoms with Gasteiger partial charge >= 0.3 is 5.97 Å². The lowest BCUT2D eigenvalue weighted by atomic mass is 10.0. The molecule has 90 valence electrons. The van der Waals surface area contributed by atoms with Crippen LogP contribution in [-0.2, 0) is 9.59 Å². The summed E-state index contributed by atoms with van der Waals surface area (Å²) in [6.45, 7) is 0.368. The number of carboxylic acids is 1. The molecular formula is C9H16N4O3. The number of ketones is 1. The van der Waals surface area contributed by atoms with Crippen molar-refractivity contribution in [3.05, 3.63) is 10.4 Å². The van der Waals surface area contributed by atoms with Gasteiger partial charge in [-0.05, 0) is 25.4 Å². The molecule has 0 heterocycles. The molecule has 0 bridgehead atoms. The first-order valence-electron chi connectivity index (χ1n) is 5.04. The van der Waals surface area contributed by atoms with Crippen molar-refractivity contribution in [1.29, 1.82) is 0 Å². The largest absolute Gasteiger partial charge is 0.481 e. The molecule has 0 fully saturated rings. The first-order chi connectivity index (χ1) is 7.61. The van der Waals surface area contributed by atoms with Crippen LogP contribution in [0.25, 0.3) is 10.4 Å². The Labute approximate surface area is 93.5 Å². The summed E-state index contributed by atoms with van der Waals surface area (Å²) < 4.78 is 0. The zero-order chi connectivity index (χ0) is 12.4. The van der Waals surface area contributed by atoms with Crippen molar-refractivity contribution in [2.45, 2.75) is 31.7 Å². The van der Waals surface area contributed by atoms with Crippen molar-refractivity contribution in [3.8, 4) is 0 Å². The van der Waals surface area contributed by atoms with Gasteiger partial charge in [-0.15, -0.1) is 0 Å². The van der Waals surface area contributed by atoms with Crippen LogP contribution in [0.2, 0.25) is 0 Å². The number of nitrogens with zero attached hydrogens (tertiary/aromatic N) is 3. The molecule has 0 amide bonds. The Bertz CT molecular complexity index is 286. The summed E-state index contributed by atoms with van der Waals surface area (Å²) in [5.74, 6) is -1.12. The monoisotopic (exact) mass is 228 g/mol. The van der Waals surface area contributed by atoms with Crippen LogP contribution in [0.5, 0.6) is 0 Å². The number of carbonyl (C=O) groups excluding carboxylic acids is 1. The second kappa shape index (κ2) is 8.70. The molecule has 1 unspecified atom stereocenters. The lowest BCUT2D eigenvalue weighted by Gasteiger charge is -2.11. The standard InChI is InChI=1S/C9H16N4O3/c1-11-7(6-9(15)16)8(14)4-2-3-5-12-13-10/h7,11H,2-6H2,1H3,(H,15,16). The van der Waals surface area contributed by atoms with E-state index >= 15 is 0 Å². The van der Waals surface area contributed by atoms with Gasteiger partial charge in [0.2, 0.25) is 0 Å². The Hall–Kier alpha value is -1.59. The van der Waals surface area contributed by atoms with E-state index in [4.69, 9.17) is 10.6 Å². The van der Waals surface area contributed by atoms with E-state index in [1.165, 1.54) is 0 Å². The third-order valence-corrected chi connectivity index (χ3v) is 2.11. The molecular weight excluding hydrogens is 212 g/mol. The number of unbranched alkanes of at least 4 members (excludes halogenated alkanes) is 1. The predicted octanol–water partition coefficient (Wildman–Crippen LogP) is 1.10. The van der Waals surface area contributed by atoms with Crippen LogP contribution in [0.3, 0.4) is 0 Å². The topological polar surface area (TPSA) is 115 Å². The van der Waals surface area contributed by atoms with Crippen molar-refractivity contribution in [2.24, 2.45) is 5.11 Å². The predicted molar refractivity (Wildman–Crippen MR) is 58.0 cm³/mol. The normalized spacial score (nSPS) is 11.6. The van der Waals surface area contributed by atoms with E-state index in [0.29, 0.717) is 25.8 Å². The van der Waals surface area contributed by atoms with Gasteiger partial charge in [0.15, 0.2) is 0 Å². The Morgan fingerprint density at radius 2 is 2.19 bits per heavy atom. The van der Waals surface area contributed by atoms with E-state index in [2.05, 4.69) is 15.3 Å². The highest BCUT2D eigenvalue weighted by Crippen LogP contribution is 2.03. The minimum atomic E-state index is -0.998. The summed E-state index contributed by atoms with van der Waals surface area (Å²) in [6, 6.07) is -0.628. The minimum Gasteiger partial charge on any atom is -0.481 e. The van der Waals surface area contributed by atoms with Gasteiger partial charge in [-0.25, -0.2) is 0 Å². The Kier molecular flexibility index (Phi) is 7.83. The molecule has 0 saturated carbocycles. The number of Topliss-reactive ketones (excluding diaryl/α,β-unsaturated/α-hetero) is 1. The summed E-state index contributed by atoms with van der Waals surface area (Å²) in [4.78, 5) is 24.5. The number of likely N-dealkylation sites (N-methyl/N-ethyl adjacent to an activating group) is 1. The zero-order valence-corrected chi connectivity index (χ0v) is 9.22. The number of carbonyl (C=O) groups is 2. The average molecular weight is 228 g/mol. The third-order valence-electron chi connectivity index (χ3n) is 2.11. The van der Waals surface area contributed by atoms with E-state index in [1.807, 2.05) is 0 Å². The van der Waals surface area contributed by atoms with E-state index in [9.17, 15) is 9.59 Å². The molecule has 7 nitrogen and oxygen atoms in total. The number of azide groups is 1. The molecule has 1 atom stereocenters. The van der Waals surface area contributed by atoms with Crippen LogP contribution in [-0.4, -0.2) is 36.5 Å². The quantitative estimate of drug-likeness (QED) is 0.266. The molecule has 0 aromatic carbocycles. The first kappa shape index (κ1) is 14.4. The first-order valence-corrected chi connectivity index (χ1v) is 5.04. The molecule has 16 heavy (non-hydrogen) atoms. The molecule has 0 rings (SSSR count). The van der Waals surface area contributed by atoms with Gasteiger partial charge in [0.05, 0.1) is 12.5 Å². The van der Waals surface area contributed by atoms with E-state index in [-0.39, 0.29) is 12.2 Å². The number of rotatable bonds is 9. The molecule has 0 radical (unpaired) electrons. The van der Waals surface area contributed by atoms with Crippen molar-refractivity contribution in [3.63, 3.8) is 0 Å². The third kappa shape index (κ3) is 6.80. The molecule has 7 heteroatoms. The highest BCUT2D eigenvalue weighted by Gasteiger charge is 2.18. The van der Waals surface area contributed by atoms with E-state index in [0.717, 1.165) is 0 Å². The molecule has 0 aromatic rings. The highest BCUT2D eigenvalue weighted by atomic mass is 16.4. The fourth-order valence-corrected chi connectivity index (χ4v) is 1.25. The number of carboxylic acid groups (broad SMARTS) is 1. The smallest absolute Gasteiger partial charge is 0.305 e. The number of nitrogens with one attached hydrogen (secondary N) is 1. The summed E-state index contributed by atoms with van der Waals surface area (Å²) in [5.41, 5.74) is 8.02. The van der Waals surface area contributed by atoms with Crippen LogP contribution in [0.1, 0.15) is 25.7 Å². The van der Waals surface area contributed by atoms with Crippen molar-refractivity contribution < 1.29 is 14.7 Å². The second-order valence-corrected chi connectivity index (χ2v) is 3.32. The average Bonchev–Trinajstić information content (AvgIpc) is 2.25. The van der Waals surface area contributed by atoms with Gasteiger partial charge in [0.1, 0.15) is 5.78 Å². The van der Waals surface area contributed by atoms with Crippen LogP contribution in [0.4, 0.5) is 0 Å². The second-order valence-electron chi connectivity index (χ2n) is 3.32. The van der Waals surface area contributed by atoms with Gasteiger partial charge < -0.3 is 10.4 Å². The molecule has 2 N–H and O–H groups in total. The molecule has 0 saturated heterocycles. The Morgan fingerprint density at radius 3 is 2.69 bits per heavy atom. The summed E-state index contributed by atoms with van der Waals surface area (Å²) in [7, 11) is 1.56. The van der Waals surface area contributed by atoms with E-state index in [1.54, 1.807) is 7.05 Å². The van der Waals surface area contributed by atoms with Gasteiger partial charge in [-0.1, -0.05) is 5.11 Å². The fraction of sp³-hybridized carbons (Fsp3) is 0.778. The lowest BCUT2D eigenvalue weighted by Crippen LogP contribution is -2.36. The molecule has 0 aromatic heterocycles. The fourth-order valence-electron chi connectivity index (χ4n) is 1.25. The number of hydrogen-bond acceptors (Lipinski definition) is 4. The number of hydrogen-bond donors (Lipinski definition) is 2. The molecule has 0 aliphatic carbocycles. The summed E-state index contributed by atoms with van der Waals surface area (Å²) in [5, 5.41) is 14.6. The van der Waals surface area contributed by atoms with Crippen molar-refractivity contribution in [2.75, 3.05) is 13.6 Å². The maximum atomic E-state index is 11.5. The van der Waals surface area contributed by atoms with Crippen LogP contribution in [0.15, 0.2) is 5.11 Å². The molecule has 0 aliphatic heterocycles. The summed E-state index contributed by atoms with van der Waals surface area (Å²) in [6.07, 6.45) is 1.35. The molecule has 0 spiro atoms.